The molecule has 1 saturated carbocycles. The van der Waals surface area contributed by atoms with Gasteiger partial charge in [-0.25, -0.2) is 0 Å². The van der Waals surface area contributed by atoms with Crippen LogP contribution in [0, 0.1) is 11.3 Å². The third kappa shape index (κ3) is 1.11. The van der Waals surface area contributed by atoms with E-state index >= 15 is 0 Å². The second-order valence-corrected chi connectivity index (χ2v) is 3.33. The van der Waals surface area contributed by atoms with Gasteiger partial charge < -0.3 is 0 Å². The molecule has 0 unspecified atom stereocenters. The molecule has 0 bridgehead atoms. The summed E-state index contributed by atoms with van der Waals surface area (Å²) in [4.78, 5) is 14.8. The van der Waals surface area contributed by atoms with Crippen molar-refractivity contribution in [3.05, 3.63) is 30.1 Å². The molecule has 3 heteroatoms. The lowest BCUT2D eigenvalue weighted by molar-refractivity contribution is -0.126. The Balaban J connectivity index is 2.36. The third-order valence-corrected chi connectivity index (χ3v) is 2.43. The van der Waals surface area contributed by atoms with E-state index in [-0.39, 0.29) is 5.78 Å². The van der Waals surface area contributed by atoms with Crippen LogP contribution < -0.4 is 0 Å². The second-order valence-electron chi connectivity index (χ2n) is 3.33. The summed E-state index contributed by atoms with van der Waals surface area (Å²) >= 11 is 0. The number of aromatic nitrogens is 1. The maximum atomic E-state index is 10.9. The van der Waals surface area contributed by atoms with E-state index in [2.05, 4.69) is 11.1 Å². The zero-order chi connectivity index (χ0) is 9.31. The van der Waals surface area contributed by atoms with Crippen molar-refractivity contribution < 1.29 is 4.79 Å². The maximum absolute atomic E-state index is 10.9. The van der Waals surface area contributed by atoms with Crippen LogP contribution in [0.2, 0.25) is 0 Å². The van der Waals surface area contributed by atoms with E-state index in [9.17, 15) is 4.79 Å². The van der Waals surface area contributed by atoms with Gasteiger partial charge in [0.2, 0.25) is 0 Å². The van der Waals surface area contributed by atoms with Crippen LogP contribution in [0.5, 0.6) is 0 Å². The fourth-order valence-electron chi connectivity index (χ4n) is 1.61. The first-order chi connectivity index (χ1) is 6.27. The number of nitrogens with zero attached hydrogens (tertiary/aromatic N) is 2. The van der Waals surface area contributed by atoms with Crippen LogP contribution in [0.15, 0.2) is 24.5 Å². The third-order valence-electron chi connectivity index (χ3n) is 2.43. The van der Waals surface area contributed by atoms with Crippen molar-refractivity contribution in [3.8, 4) is 6.07 Å². The topological polar surface area (TPSA) is 53.8 Å². The van der Waals surface area contributed by atoms with Crippen LogP contribution >= 0.6 is 0 Å². The number of carbonyl (C=O) groups is 1. The highest BCUT2D eigenvalue weighted by Gasteiger charge is 2.45. The molecular formula is C10H8N2O. The average Bonchev–Trinajstić information content (AvgIpc) is 2.14. The molecule has 1 fully saturated rings. The number of nitriles is 1. The van der Waals surface area contributed by atoms with Gasteiger partial charge in [-0.15, -0.1) is 0 Å². The quantitative estimate of drug-likeness (QED) is 0.639. The van der Waals surface area contributed by atoms with E-state index in [0.717, 1.165) is 5.56 Å². The van der Waals surface area contributed by atoms with E-state index in [4.69, 9.17) is 5.26 Å². The minimum absolute atomic E-state index is 0.158. The number of Topliss-reactive ketones (excluding diaryl/α,β-unsaturated/α-hetero) is 1. The Kier molecular flexibility index (Phi) is 1.63. The summed E-state index contributed by atoms with van der Waals surface area (Å²) in [5, 5.41) is 8.98. The van der Waals surface area contributed by atoms with Gasteiger partial charge in [0, 0.05) is 25.2 Å². The van der Waals surface area contributed by atoms with E-state index in [1.165, 1.54) is 0 Å². The average molecular weight is 172 g/mol. The lowest BCUT2D eigenvalue weighted by Crippen LogP contribution is -2.40. The molecule has 1 aromatic heterocycles. The van der Waals surface area contributed by atoms with Crippen molar-refractivity contribution in [2.45, 2.75) is 18.3 Å². The Hall–Kier alpha value is -1.69. The minimum Gasteiger partial charge on any atom is -0.300 e. The molecule has 0 aromatic carbocycles. The van der Waals surface area contributed by atoms with Crippen LogP contribution in [0.4, 0.5) is 0 Å². The Morgan fingerprint density at radius 1 is 1.54 bits per heavy atom. The molecule has 2 rings (SSSR count). The van der Waals surface area contributed by atoms with Gasteiger partial charge in [-0.05, 0) is 11.6 Å². The molecule has 1 aliphatic carbocycles. The Bertz CT molecular complexity index is 370. The molecule has 1 heterocycles. The molecule has 0 radical (unpaired) electrons. The van der Waals surface area contributed by atoms with Gasteiger partial charge in [-0.2, -0.15) is 5.26 Å². The van der Waals surface area contributed by atoms with Crippen molar-refractivity contribution in [3.63, 3.8) is 0 Å². The molecule has 13 heavy (non-hydrogen) atoms. The van der Waals surface area contributed by atoms with Gasteiger partial charge >= 0.3 is 0 Å². The summed E-state index contributed by atoms with van der Waals surface area (Å²) in [6, 6.07) is 5.84. The smallest absolute Gasteiger partial charge is 0.136 e. The van der Waals surface area contributed by atoms with Crippen molar-refractivity contribution in [2.24, 2.45) is 0 Å². The number of hydrogen-bond donors (Lipinski definition) is 0. The lowest BCUT2D eigenvalue weighted by Gasteiger charge is -2.33. The summed E-state index contributed by atoms with van der Waals surface area (Å²) in [6.45, 7) is 0. The standard InChI is InChI=1S/C10H8N2O/c11-7-10(4-9(13)5-10)8-2-1-3-12-6-8/h1-3,6H,4-5H2. The van der Waals surface area contributed by atoms with Gasteiger partial charge in [-0.3, -0.25) is 9.78 Å². The summed E-state index contributed by atoms with van der Waals surface area (Å²) in [5.74, 6) is 0.158. The predicted molar refractivity (Wildman–Crippen MR) is 45.8 cm³/mol. The monoisotopic (exact) mass is 172 g/mol. The molecule has 3 nitrogen and oxygen atoms in total. The van der Waals surface area contributed by atoms with Crippen LogP contribution in [-0.2, 0) is 10.2 Å². The van der Waals surface area contributed by atoms with Crippen LogP contribution in [0.25, 0.3) is 0 Å². The van der Waals surface area contributed by atoms with Crippen molar-refractivity contribution in [1.29, 1.82) is 5.26 Å². The fourth-order valence-corrected chi connectivity index (χ4v) is 1.61. The highest BCUT2D eigenvalue weighted by atomic mass is 16.1. The molecule has 64 valence electrons. The van der Waals surface area contributed by atoms with Crippen LogP contribution in [-0.4, -0.2) is 10.8 Å². The Morgan fingerprint density at radius 2 is 2.31 bits per heavy atom. The molecule has 0 spiro atoms. The van der Waals surface area contributed by atoms with Crippen molar-refractivity contribution in [1.82, 2.24) is 4.98 Å². The van der Waals surface area contributed by atoms with Crippen LogP contribution in [0.1, 0.15) is 18.4 Å². The summed E-state index contributed by atoms with van der Waals surface area (Å²) in [5.41, 5.74) is 0.280. The normalized spacial score (nSPS) is 18.8. The van der Waals surface area contributed by atoms with Crippen LogP contribution in [0.3, 0.4) is 0 Å². The van der Waals surface area contributed by atoms with Gasteiger partial charge in [-0.1, -0.05) is 6.07 Å². The number of hydrogen-bond acceptors (Lipinski definition) is 3. The molecule has 0 aliphatic heterocycles. The zero-order valence-corrected chi connectivity index (χ0v) is 7.03. The largest absolute Gasteiger partial charge is 0.300 e. The van der Waals surface area contributed by atoms with E-state index in [1.807, 2.05) is 6.07 Å². The molecular weight excluding hydrogens is 164 g/mol. The number of ketones is 1. The van der Waals surface area contributed by atoms with E-state index in [1.54, 1.807) is 18.5 Å². The highest BCUT2D eigenvalue weighted by molar-refractivity contribution is 5.90. The SMILES string of the molecule is N#CC1(c2cccnc2)CC(=O)C1. The molecule has 1 aromatic rings. The van der Waals surface area contributed by atoms with Crippen molar-refractivity contribution >= 4 is 5.78 Å². The van der Waals surface area contributed by atoms with E-state index in [0.29, 0.717) is 12.8 Å². The summed E-state index contributed by atoms with van der Waals surface area (Å²) < 4.78 is 0. The summed E-state index contributed by atoms with van der Waals surface area (Å²) in [6.07, 6.45) is 4.01. The highest BCUT2D eigenvalue weighted by Crippen LogP contribution is 2.39. The molecule has 1 aliphatic rings. The maximum Gasteiger partial charge on any atom is 0.136 e. The van der Waals surface area contributed by atoms with Crippen molar-refractivity contribution in [2.75, 3.05) is 0 Å². The number of carbonyl (C=O) groups excluding carboxylic acids is 1. The number of rotatable bonds is 1. The first-order valence-corrected chi connectivity index (χ1v) is 4.10. The van der Waals surface area contributed by atoms with Gasteiger partial charge in [0.25, 0.3) is 0 Å². The first-order valence-electron chi connectivity index (χ1n) is 4.10. The van der Waals surface area contributed by atoms with Gasteiger partial charge in [0.05, 0.1) is 11.5 Å². The number of pyridine rings is 1. The fraction of sp³-hybridized carbons (Fsp3) is 0.300. The molecule has 0 N–H and O–H groups in total. The Labute approximate surface area is 76.0 Å². The Morgan fingerprint density at radius 3 is 2.77 bits per heavy atom. The second kappa shape index (κ2) is 2.67. The lowest BCUT2D eigenvalue weighted by atomic mass is 9.65. The first kappa shape index (κ1) is 7.93. The molecule has 0 saturated heterocycles. The minimum atomic E-state index is -0.578. The molecule has 0 amide bonds. The summed E-state index contributed by atoms with van der Waals surface area (Å²) in [7, 11) is 0. The van der Waals surface area contributed by atoms with E-state index < -0.39 is 5.41 Å². The van der Waals surface area contributed by atoms with Gasteiger partial charge in [0.1, 0.15) is 5.78 Å². The molecule has 0 atom stereocenters. The predicted octanol–water partition coefficient (Wildman–Crippen LogP) is 1.21. The zero-order valence-electron chi connectivity index (χ0n) is 7.03. The van der Waals surface area contributed by atoms with Gasteiger partial charge in [0.15, 0.2) is 0 Å².